The first kappa shape index (κ1) is 45.8. The zero-order valence-electron chi connectivity index (χ0n) is 30.7. The van der Waals surface area contributed by atoms with Crippen LogP contribution in [0.2, 0.25) is 0 Å². The van der Waals surface area contributed by atoms with Crippen molar-refractivity contribution in [3.05, 3.63) is 0 Å². The SMILES string of the molecule is CCCCCCCC(=O)OCC(COC(=O)CCCCCCCC(OC(=O)CCCCCCC)C(O)CO)OC(=O)CCCCCCC. The lowest BCUT2D eigenvalue weighted by Crippen LogP contribution is -2.34. The van der Waals surface area contributed by atoms with E-state index in [0.29, 0.717) is 25.7 Å². The Hall–Kier alpha value is -2.20. The number of carbonyl (C=O) groups excluding carboxylic acids is 4. The molecule has 0 bridgehead atoms. The highest BCUT2D eigenvalue weighted by Crippen LogP contribution is 2.16. The summed E-state index contributed by atoms with van der Waals surface area (Å²) in [6.07, 6.45) is 18.0. The number of rotatable bonds is 34. The lowest BCUT2D eigenvalue weighted by molar-refractivity contribution is -0.167. The third-order valence-corrected chi connectivity index (χ3v) is 8.38. The van der Waals surface area contributed by atoms with Crippen LogP contribution in [0, 0.1) is 0 Å². The van der Waals surface area contributed by atoms with Crippen LogP contribution in [0.15, 0.2) is 0 Å². The van der Waals surface area contributed by atoms with Gasteiger partial charge in [-0.2, -0.15) is 0 Å². The molecule has 0 aromatic carbocycles. The summed E-state index contributed by atoms with van der Waals surface area (Å²) in [5.41, 5.74) is 0. The monoisotopic (exact) mass is 686 g/mol. The summed E-state index contributed by atoms with van der Waals surface area (Å²) in [6, 6.07) is 0. The number of hydrogen-bond acceptors (Lipinski definition) is 10. The van der Waals surface area contributed by atoms with Crippen molar-refractivity contribution in [2.24, 2.45) is 0 Å². The molecule has 10 heteroatoms. The summed E-state index contributed by atoms with van der Waals surface area (Å²) in [5, 5.41) is 19.5. The number of hydrogen-bond donors (Lipinski definition) is 2. The molecule has 2 N–H and O–H groups in total. The van der Waals surface area contributed by atoms with Gasteiger partial charge in [0.25, 0.3) is 0 Å². The molecule has 0 amide bonds. The van der Waals surface area contributed by atoms with Crippen LogP contribution < -0.4 is 0 Å². The van der Waals surface area contributed by atoms with E-state index < -0.39 is 30.9 Å². The van der Waals surface area contributed by atoms with E-state index in [2.05, 4.69) is 20.8 Å². The third-order valence-electron chi connectivity index (χ3n) is 8.38. The van der Waals surface area contributed by atoms with Gasteiger partial charge in [0.15, 0.2) is 6.10 Å². The van der Waals surface area contributed by atoms with E-state index in [0.717, 1.165) is 122 Å². The molecule has 0 heterocycles. The Bertz CT molecular complexity index is 802. The summed E-state index contributed by atoms with van der Waals surface area (Å²) in [5.74, 6) is -1.45. The fourth-order valence-electron chi connectivity index (χ4n) is 5.32. The van der Waals surface area contributed by atoms with Crippen LogP contribution in [-0.4, -0.2) is 72.2 Å². The molecule has 3 atom stereocenters. The van der Waals surface area contributed by atoms with Gasteiger partial charge in [-0.25, -0.2) is 0 Å². The number of esters is 4. The molecule has 0 fully saturated rings. The second-order valence-electron chi connectivity index (χ2n) is 13.1. The molecule has 0 spiro atoms. The van der Waals surface area contributed by atoms with Gasteiger partial charge in [0.05, 0.1) is 6.61 Å². The van der Waals surface area contributed by atoms with Gasteiger partial charge in [0.2, 0.25) is 0 Å². The van der Waals surface area contributed by atoms with E-state index in [4.69, 9.17) is 18.9 Å². The van der Waals surface area contributed by atoms with Crippen LogP contribution in [0.5, 0.6) is 0 Å². The highest BCUT2D eigenvalue weighted by molar-refractivity contribution is 5.71. The van der Waals surface area contributed by atoms with Crippen molar-refractivity contribution in [1.82, 2.24) is 0 Å². The molecule has 0 radical (unpaired) electrons. The molecule has 10 nitrogen and oxygen atoms in total. The van der Waals surface area contributed by atoms with Crippen molar-refractivity contribution in [1.29, 1.82) is 0 Å². The summed E-state index contributed by atoms with van der Waals surface area (Å²) < 4.78 is 21.7. The van der Waals surface area contributed by atoms with Gasteiger partial charge in [-0.3, -0.25) is 19.2 Å². The predicted molar refractivity (Wildman–Crippen MR) is 187 cm³/mol. The summed E-state index contributed by atoms with van der Waals surface area (Å²) in [7, 11) is 0. The molecule has 282 valence electrons. The minimum Gasteiger partial charge on any atom is -0.462 e. The quantitative estimate of drug-likeness (QED) is 0.0387. The maximum Gasteiger partial charge on any atom is 0.306 e. The second-order valence-corrected chi connectivity index (χ2v) is 13.1. The zero-order chi connectivity index (χ0) is 35.7. The highest BCUT2D eigenvalue weighted by atomic mass is 16.6. The van der Waals surface area contributed by atoms with Crippen LogP contribution in [0.4, 0.5) is 0 Å². The lowest BCUT2D eigenvalue weighted by Gasteiger charge is -2.22. The van der Waals surface area contributed by atoms with E-state index in [-0.39, 0.29) is 44.0 Å². The largest absolute Gasteiger partial charge is 0.462 e. The van der Waals surface area contributed by atoms with Gasteiger partial charge >= 0.3 is 23.9 Å². The molecule has 0 aromatic heterocycles. The normalized spacial score (nSPS) is 13.0. The lowest BCUT2D eigenvalue weighted by atomic mass is 10.0. The molecular formula is C38H70O10. The molecule has 0 aliphatic carbocycles. The minimum absolute atomic E-state index is 0.136. The summed E-state index contributed by atoms with van der Waals surface area (Å²) >= 11 is 0. The first-order chi connectivity index (χ1) is 23.3. The van der Waals surface area contributed by atoms with Crippen LogP contribution in [0.1, 0.15) is 181 Å². The fraction of sp³-hybridized carbons (Fsp3) is 0.895. The fourth-order valence-corrected chi connectivity index (χ4v) is 5.32. The Morgan fingerprint density at radius 3 is 1.25 bits per heavy atom. The van der Waals surface area contributed by atoms with Gasteiger partial charge in [-0.1, -0.05) is 117 Å². The van der Waals surface area contributed by atoms with Gasteiger partial charge in [0, 0.05) is 25.7 Å². The Morgan fingerprint density at radius 1 is 0.479 bits per heavy atom. The Labute approximate surface area is 291 Å². The van der Waals surface area contributed by atoms with E-state index in [9.17, 15) is 29.4 Å². The number of ether oxygens (including phenoxy) is 4. The van der Waals surface area contributed by atoms with Crippen LogP contribution >= 0.6 is 0 Å². The van der Waals surface area contributed by atoms with Gasteiger partial charge < -0.3 is 29.2 Å². The minimum atomic E-state index is -1.10. The van der Waals surface area contributed by atoms with Crippen LogP contribution in [0.3, 0.4) is 0 Å². The Morgan fingerprint density at radius 2 is 0.833 bits per heavy atom. The first-order valence-corrected chi connectivity index (χ1v) is 19.3. The maximum absolute atomic E-state index is 12.4. The molecule has 0 aromatic rings. The third kappa shape index (κ3) is 28.8. The van der Waals surface area contributed by atoms with Crippen molar-refractivity contribution in [3.63, 3.8) is 0 Å². The maximum atomic E-state index is 12.4. The van der Waals surface area contributed by atoms with Gasteiger partial charge in [0.1, 0.15) is 25.4 Å². The average molecular weight is 687 g/mol. The molecule has 0 aliphatic heterocycles. The van der Waals surface area contributed by atoms with Crippen molar-refractivity contribution in [2.75, 3.05) is 19.8 Å². The van der Waals surface area contributed by atoms with Crippen LogP contribution in [-0.2, 0) is 38.1 Å². The number of aliphatic hydroxyl groups excluding tert-OH is 2. The number of carbonyl (C=O) groups is 4. The average Bonchev–Trinajstić information content (AvgIpc) is 3.07. The van der Waals surface area contributed by atoms with Crippen LogP contribution in [0.25, 0.3) is 0 Å². The van der Waals surface area contributed by atoms with Gasteiger partial charge in [-0.05, 0) is 38.5 Å². The molecule has 0 aliphatic rings. The number of aliphatic hydroxyl groups is 2. The molecule has 0 saturated carbocycles. The van der Waals surface area contributed by atoms with E-state index in [1.165, 1.54) is 0 Å². The van der Waals surface area contributed by atoms with Crippen molar-refractivity contribution >= 4 is 23.9 Å². The van der Waals surface area contributed by atoms with E-state index >= 15 is 0 Å². The molecule has 3 unspecified atom stereocenters. The van der Waals surface area contributed by atoms with Crippen molar-refractivity contribution in [2.45, 2.75) is 200 Å². The topological polar surface area (TPSA) is 146 Å². The summed E-state index contributed by atoms with van der Waals surface area (Å²) in [4.78, 5) is 49.2. The highest BCUT2D eigenvalue weighted by Gasteiger charge is 2.23. The second kappa shape index (κ2) is 33.3. The summed E-state index contributed by atoms with van der Waals surface area (Å²) in [6.45, 7) is 5.66. The standard InChI is InChI=1S/C38H70O10/c1-4-7-10-14-20-25-35(41)45-30-32(47-37(43)27-22-15-11-8-5-2)31-46-36(42)26-21-18-13-17-19-24-34(33(40)29-39)48-38(44)28-23-16-12-9-6-3/h32-34,39-40H,4-31H2,1-3H3. The first-order valence-electron chi connectivity index (χ1n) is 19.3. The van der Waals surface area contributed by atoms with Crippen molar-refractivity contribution < 1.29 is 48.3 Å². The molecular weight excluding hydrogens is 616 g/mol. The molecule has 0 rings (SSSR count). The predicted octanol–water partition coefficient (Wildman–Crippen LogP) is 8.06. The van der Waals surface area contributed by atoms with E-state index in [1.54, 1.807) is 0 Å². The number of unbranched alkanes of at least 4 members (excludes halogenated alkanes) is 16. The van der Waals surface area contributed by atoms with E-state index in [1.807, 2.05) is 0 Å². The molecule has 0 saturated heterocycles. The zero-order valence-corrected chi connectivity index (χ0v) is 30.7. The Kier molecular flexibility index (Phi) is 31.8. The smallest absolute Gasteiger partial charge is 0.306 e. The van der Waals surface area contributed by atoms with Crippen molar-refractivity contribution in [3.8, 4) is 0 Å². The van der Waals surface area contributed by atoms with Gasteiger partial charge in [-0.15, -0.1) is 0 Å². The Balaban J connectivity index is 4.45. The molecule has 48 heavy (non-hydrogen) atoms.